The summed E-state index contributed by atoms with van der Waals surface area (Å²) in [5.74, 6) is 1.55. The fourth-order valence-corrected chi connectivity index (χ4v) is 5.47. The molecule has 2 aliphatic heterocycles. The Morgan fingerprint density at radius 2 is 2.17 bits per heavy atom. The lowest BCUT2D eigenvalue weighted by Gasteiger charge is -2.37. The standard InChI is InChI=1S/C16H16BrClN4O/c17-13-12-14(18)19-5-6-21(12)15(20-13)9-1-2-10-16(3-4-16)7-11(23)22(10)8-9/h5-6,9-10H,1-4,7-8H2/t9-,10+/m1/s1. The zero-order chi connectivity index (χ0) is 15.8. The molecule has 2 atom stereocenters. The molecule has 0 aromatic carbocycles. The highest BCUT2D eigenvalue weighted by Crippen LogP contribution is 2.60. The van der Waals surface area contributed by atoms with Crippen molar-refractivity contribution >= 4 is 39.0 Å². The molecule has 0 N–H and O–H groups in total. The molecule has 2 aromatic heterocycles. The highest BCUT2D eigenvalue weighted by Gasteiger charge is 2.59. The third-order valence-corrected chi connectivity index (χ3v) is 6.69. The smallest absolute Gasteiger partial charge is 0.223 e. The lowest BCUT2D eigenvalue weighted by atomic mass is 9.86. The van der Waals surface area contributed by atoms with E-state index in [1.807, 2.05) is 10.6 Å². The minimum atomic E-state index is 0.251. The molecule has 1 amide bonds. The van der Waals surface area contributed by atoms with Gasteiger partial charge >= 0.3 is 0 Å². The van der Waals surface area contributed by atoms with Crippen molar-refractivity contribution in [2.75, 3.05) is 6.54 Å². The van der Waals surface area contributed by atoms with E-state index in [0.29, 0.717) is 22.5 Å². The highest BCUT2D eigenvalue weighted by atomic mass is 79.9. The van der Waals surface area contributed by atoms with Crippen molar-refractivity contribution < 1.29 is 4.79 Å². The largest absolute Gasteiger partial charge is 0.338 e. The van der Waals surface area contributed by atoms with Crippen LogP contribution in [0.4, 0.5) is 0 Å². The molecule has 5 rings (SSSR count). The average Bonchev–Trinajstić information content (AvgIpc) is 3.15. The van der Waals surface area contributed by atoms with Gasteiger partial charge in [0, 0.05) is 37.3 Å². The van der Waals surface area contributed by atoms with E-state index in [2.05, 4.69) is 30.8 Å². The van der Waals surface area contributed by atoms with Crippen LogP contribution in [0.15, 0.2) is 17.0 Å². The lowest BCUT2D eigenvalue weighted by Crippen LogP contribution is -2.43. The third kappa shape index (κ3) is 1.94. The van der Waals surface area contributed by atoms with E-state index < -0.39 is 0 Å². The number of nitrogens with zero attached hydrogens (tertiary/aromatic N) is 4. The molecule has 5 nitrogen and oxygen atoms in total. The summed E-state index contributed by atoms with van der Waals surface area (Å²) in [6.07, 6.45) is 8.95. The number of amides is 1. The predicted octanol–water partition coefficient (Wildman–Crippen LogP) is 3.40. The quantitative estimate of drug-likeness (QED) is 0.743. The first-order valence-corrected chi connectivity index (χ1v) is 9.24. The van der Waals surface area contributed by atoms with Gasteiger partial charge in [-0.1, -0.05) is 11.6 Å². The van der Waals surface area contributed by atoms with E-state index in [9.17, 15) is 4.79 Å². The Morgan fingerprint density at radius 1 is 1.35 bits per heavy atom. The Morgan fingerprint density at radius 3 is 2.96 bits per heavy atom. The zero-order valence-corrected chi connectivity index (χ0v) is 14.8. The molecule has 3 aliphatic rings. The summed E-state index contributed by atoms with van der Waals surface area (Å²) < 4.78 is 2.73. The molecule has 2 aromatic rings. The van der Waals surface area contributed by atoms with Crippen molar-refractivity contribution in [3.05, 3.63) is 28.0 Å². The molecule has 0 bridgehead atoms. The predicted molar refractivity (Wildman–Crippen MR) is 89.5 cm³/mol. The van der Waals surface area contributed by atoms with Crippen molar-refractivity contribution in [1.29, 1.82) is 0 Å². The topological polar surface area (TPSA) is 50.5 Å². The maximum Gasteiger partial charge on any atom is 0.223 e. The second-order valence-corrected chi connectivity index (χ2v) is 8.18. The Kier molecular flexibility index (Phi) is 2.90. The van der Waals surface area contributed by atoms with Gasteiger partial charge in [-0.15, -0.1) is 0 Å². The van der Waals surface area contributed by atoms with Crippen molar-refractivity contribution in [3.63, 3.8) is 0 Å². The van der Waals surface area contributed by atoms with Crippen LogP contribution < -0.4 is 0 Å². The molecule has 1 aliphatic carbocycles. The second-order valence-electron chi connectivity index (χ2n) is 7.07. The fourth-order valence-electron chi connectivity index (χ4n) is 4.56. The van der Waals surface area contributed by atoms with Gasteiger partial charge in [0.2, 0.25) is 5.91 Å². The number of carbonyl (C=O) groups is 1. The molecule has 1 saturated carbocycles. The SMILES string of the molecule is O=C1CC2(CC2)[C@@H]2CC[C@@H](c3nc(Br)c4c(Cl)nccn34)CN12. The van der Waals surface area contributed by atoms with Crippen LogP contribution in [0.1, 0.15) is 43.8 Å². The second kappa shape index (κ2) is 4.70. The normalized spacial score (nSPS) is 28.6. The number of halogens is 2. The summed E-state index contributed by atoms with van der Waals surface area (Å²) in [5.41, 5.74) is 1.13. The van der Waals surface area contributed by atoms with E-state index in [4.69, 9.17) is 11.6 Å². The van der Waals surface area contributed by atoms with Crippen LogP contribution in [0.3, 0.4) is 0 Å². The first-order valence-electron chi connectivity index (χ1n) is 8.06. The first-order chi connectivity index (χ1) is 11.1. The molecule has 0 radical (unpaired) electrons. The Labute approximate surface area is 147 Å². The van der Waals surface area contributed by atoms with Crippen LogP contribution in [0, 0.1) is 5.41 Å². The van der Waals surface area contributed by atoms with Gasteiger partial charge in [-0.05, 0) is 47.0 Å². The number of hydrogen-bond acceptors (Lipinski definition) is 3. The van der Waals surface area contributed by atoms with Gasteiger partial charge < -0.3 is 4.90 Å². The molecule has 7 heteroatoms. The monoisotopic (exact) mass is 394 g/mol. The summed E-state index contributed by atoms with van der Waals surface area (Å²) in [5, 5.41) is 0.445. The van der Waals surface area contributed by atoms with Crippen LogP contribution in [-0.4, -0.2) is 37.8 Å². The van der Waals surface area contributed by atoms with E-state index >= 15 is 0 Å². The molecule has 4 heterocycles. The van der Waals surface area contributed by atoms with E-state index in [1.165, 1.54) is 12.8 Å². The summed E-state index contributed by atoms with van der Waals surface area (Å²) >= 11 is 9.70. The fraction of sp³-hybridized carbons (Fsp3) is 0.562. The number of piperidine rings is 1. The zero-order valence-electron chi connectivity index (χ0n) is 12.5. The summed E-state index contributed by atoms with van der Waals surface area (Å²) in [7, 11) is 0. The maximum absolute atomic E-state index is 12.4. The number of carbonyl (C=O) groups excluding carboxylic acids is 1. The van der Waals surface area contributed by atoms with Gasteiger partial charge in [-0.25, -0.2) is 9.97 Å². The highest BCUT2D eigenvalue weighted by molar-refractivity contribution is 9.10. The Bertz CT molecular complexity index is 831. The van der Waals surface area contributed by atoms with Crippen LogP contribution >= 0.6 is 27.5 Å². The summed E-state index contributed by atoms with van der Waals surface area (Å²) in [6, 6.07) is 0.464. The third-order valence-electron chi connectivity index (χ3n) is 5.86. The summed E-state index contributed by atoms with van der Waals surface area (Å²) in [4.78, 5) is 23.4. The van der Waals surface area contributed by atoms with E-state index in [-0.39, 0.29) is 5.92 Å². The van der Waals surface area contributed by atoms with Gasteiger partial charge in [0.05, 0.1) is 0 Å². The average molecular weight is 396 g/mol. The molecule has 1 spiro atoms. The van der Waals surface area contributed by atoms with Gasteiger partial charge in [-0.2, -0.15) is 0 Å². The number of hydrogen-bond donors (Lipinski definition) is 0. The molecule has 3 fully saturated rings. The lowest BCUT2D eigenvalue weighted by molar-refractivity contribution is -0.130. The van der Waals surface area contributed by atoms with E-state index in [1.54, 1.807) is 6.20 Å². The Balaban J connectivity index is 1.52. The van der Waals surface area contributed by atoms with Gasteiger partial charge in [0.15, 0.2) is 5.15 Å². The summed E-state index contributed by atoms with van der Waals surface area (Å²) in [6.45, 7) is 0.775. The van der Waals surface area contributed by atoms with Crippen molar-refractivity contribution in [2.45, 2.75) is 44.1 Å². The Hall–Kier alpha value is -1.14. The van der Waals surface area contributed by atoms with Crippen molar-refractivity contribution in [3.8, 4) is 0 Å². The number of imidazole rings is 1. The molecular formula is C16H16BrClN4O. The van der Waals surface area contributed by atoms with Crippen molar-refractivity contribution in [2.24, 2.45) is 5.41 Å². The molecule has 23 heavy (non-hydrogen) atoms. The van der Waals surface area contributed by atoms with Crippen LogP contribution in [0.2, 0.25) is 5.15 Å². The minimum Gasteiger partial charge on any atom is -0.338 e. The van der Waals surface area contributed by atoms with Gasteiger partial charge in [-0.3, -0.25) is 9.20 Å². The molecule has 0 unspecified atom stereocenters. The van der Waals surface area contributed by atoms with Crippen LogP contribution in [0.5, 0.6) is 0 Å². The van der Waals surface area contributed by atoms with Crippen LogP contribution in [0.25, 0.3) is 5.52 Å². The number of fused-ring (bicyclic) bond motifs is 3. The molecular weight excluding hydrogens is 380 g/mol. The first kappa shape index (κ1) is 14.2. The minimum absolute atomic E-state index is 0.251. The van der Waals surface area contributed by atoms with Crippen LogP contribution in [-0.2, 0) is 4.79 Å². The number of aromatic nitrogens is 3. The van der Waals surface area contributed by atoms with Gasteiger partial charge in [0.25, 0.3) is 0 Å². The molecule has 2 saturated heterocycles. The van der Waals surface area contributed by atoms with Gasteiger partial charge in [0.1, 0.15) is 15.9 Å². The van der Waals surface area contributed by atoms with Crippen molar-refractivity contribution in [1.82, 2.24) is 19.3 Å². The maximum atomic E-state index is 12.4. The molecule has 120 valence electrons. The van der Waals surface area contributed by atoms with E-state index in [0.717, 1.165) is 41.8 Å². The number of rotatable bonds is 1.